The molecule has 0 N–H and O–H groups in total. The summed E-state index contributed by atoms with van der Waals surface area (Å²) in [6.45, 7) is 4.33. The number of nitro groups is 1. The third-order valence-electron chi connectivity index (χ3n) is 6.10. The maximum Gasteiger partial charge on any atom is 0.269 e. The van der Waals surface area contributed by atoms with Crippen molar-refractivity contribution in [1.82, 2.24) is 29.9 Å². The van der Waals surface area contributed by atoms with E-state index in [9.17, 15) is 10.1 Å². The van der Waals surface area contributed by atoms with Crippen LogP contribution in [0.3, 0.4) is 0 Å². The number of non-ortho nitro benzene ring substituents is 1. The van der Waals surface area contributed by atoms with Crippen molar-refractivity contribution in [1.29, 1.82) is 0 Å². The molecule has 1 atom stereocenters. The van der Waals surface area contributed by atoms with Crippen LogP contribution in [0.2, 0.25) is 0 Å². The van der Waals surface area contributed by atoms with Gasteiger partial charge in [-0.05, 0) is 57.1 Å². The molecule has 0 radical (unpaired) electrons. The Morgan fingerprint density at radius 2 is 1.74 bits per heavy atom. The van der Waals surface area contributed by atoms with Crippen molar-refractivity contribution in [2.24, 2.45) is 0 Å². The standard InChI is InChI=1S/C24H25N7O3S/c1-17(29-14-6-3-7-15-29)22-26-28-24(30(22)19-8-4-2-5-9-19)35-16-21-25-27-23(34-21)18-10-12-20(13-11-18)31(32)33/h2,4-5,8-13,17H,3,6-7,14-16H2,1H3. The molecule has 0 bridgehead atoms. The molecule has 180 valence electrons. The Bertz CT molecular complexity index is 1280. The van der Waals surface area contributed by atoms with Gasteiger partial charge in [0.05, 0.1) is 16.7 Å². The van der Waals surface area contributed by atoms with Gasteiger partial charge >= 0.3 is 0 Å². The minimum Gasteiger partial charge on any atom is -0.420 e. The zero-order valence-corrected chi connectivity index (χ0v) is 20.1. The van der Waals surface area contributed by atoms with Crippen LogP contribution in [0.1, 0.15) is 43.9 Å². The Hall–Kier alpha value is -3.57. The van der Waals surface area contributed by atoms with Gasteiger partial charge < -0.3 is 4.42 Å². The van der Waals surface area contributed by atoms with E-state index >= 15 is 0 Å². The molecule has 0 aliphatic carbocycles. The van der Waals surface area contributed by atoms with Crippen LogP contribution in [0, 0.1) is 10.1 Å². The molecule has 10 nitrogen and oxygen atoms in total. The first kappa shape index (κ1) is 23.2. The van der Waals surface area contributed by atoms with Crippen molar-refractivity contribution in [2.75, 3.05) is 13.1 Å². The largest absolute Gasteiger partial charge is 0.420 e. The number of rotatable bonds is 8. The number of benzene rings is 2. The van der Waals surface area contributed by atoms with Gasteiger partial charge in [-0.15, -0.1) is 20.4 Å². The molecule has 1 fully saturated rings. The Balaban J connectivity index is 1.36. The monoisotopic (exact) mass is 491 g/mol. The molecule has 1 unspecified atom stereocenters. The fraction of sp³-hybridized carbons (Fsp3) is 0.333. The van der Waals surface area contributed by atoms with Crippen LogP contribution in [-0.2, 0) is 5.75 Å². The van der Waals surface area contributed by atoms with E-state index in [1.165, 1.54) is 43.2 Å². The second kappa shape index (κ2) is 10.4. The fourth-order valence-electron chi connectivity index (χ4n) is 4.21. The fourth-order valence-corrected chi connectivity index (χ4v) is 5.01. The third-order valence-corrected chi connectivity index (χ3v) is 7.02. The average Bonchev–Trinajstić information content (AvgIpc) is 3.55. The van der Waals surface area contributed by atoms with Gasteiger partial charge in [0.25, 0.3) is 5.69 Å². The molecule has 5 rings (SSSR count). The summed E-state index contributed by atoms with van der Waals surface area (Å²) in [5.41, 5.74) is 1.65. The van der Waals surface area contributed by atoms with E-state index in [1.54, 1.807) is 12.1 Å². The summed E-state index contributed by atoms with van der Waals surface area (Å²) in [4.78, 5) is 12.9. The first-order chi connectivity index (χ1) is 17.1. The molecular weight excluding hydrogens is 466 g/mol. The molecule has 4 aromatic rings. The third kappa shape index (κ3) is 5.10. The van der Waals surface area contributed by atoms with Gasteiger partial charge in [0.2, 0.25) is 11.8 Å². The molecule has 35 heavy (non-hydrogen) atoms. The predicted molar refractivity (Wildman–Crippen MR) is 131 cm³/mol. The van der Waals surface area contributed by atoms with Gasteiger partial charge in [0, 0.05) is 23.4 Å². The van der Waals surface area contributed by atoms with Gasteiger partial charge in [-0.25, -0.2) is 0 Å². The van der Waals surface area contributed by atoms with E-state index in [0.29, 0.717) is 23.1 Å². The smallest absolute Gasteiger partial charge is 0.269 e. The van der Waals surface area contributed by atoms with Crippen LogP contribution < -0.4 is 0 Å². The molecule has 0 amide bonds. The summed E-state index contributed by atoms with van der Waals surface area (Å²) in [7, 11) is 0. The predicted octanol–water partition coefficient (Wildman–Crippen LogP) is 5.06. The number of hydrogen-bond donors (Lipinski definition) is 0. The lowest BCUT2D eigenvalue weighted by Gasteiger charge is -2.31. The second-order valence-electron chi connectivity index (χ2n) is 8.38. The number of piperidine rings is 1. The lowest BCUT2D eigenvalue weighted by Crippen LogP contribution is -2.33. The zero-order valence-electron chi connectivity index (χ0n) is 19.3. The van der Waals surface area contributed by atoms with Crippen molar-refractivity contribution in [3.8, 4) is 17.1 Å². The van der Waals surface area contributed by atoms with Crippen molar-refractivity contribution < 1.29 is 9.34 Å². The van der Waals surface area contributed by atoms with E-state index in [1.807, 2.05) is 18.2 Å². The number of aromatic nitrogens is 5. The molecule has 3 heterocycles. The number of hydrogen-bond acceptors (Lipinski definition) is 9. The van der Waals surface area contributed by atoms with Gasteiger partial charge in [-0.1, -0.05) is 36.4 Å². The highest BCUT2D eigenvalue weighted by Gasteiger charge is 2.25. The van der Waals surface area contributed by atoms with Crippen molar-refractivity contribution in [2.45, 2.75) is 43.1 Å². The Kier molecular flexibility index (Phi) is 6.87. The van der Waals surface area contributed by atoms with Crippen molar-refractivity contribution in [3.63, 3.8) is 0 Å². The van der Waals surface area contributed by atoms with Crippen LogP contribution in [0.25, 0.3) is 17.1 Å². The lowest BCUT2D eigenvalue weighted by molar-refractivity contribution is -0.384. The number of likely N-dealkylation sites (tertiary alicyclic amines) is 1. The molecule has 1 aliphatic heterocycles. The molecule has 1 aliphatic rings. The molecule has 2 aromatic heterocycles. The van der Waals surface area contributed by atoms with Crippen molar-refractivity contribution >= 4 is 17.4 Å². The van der Waals surface area contributed by atoms with Gasteiger partial charge in [0.15, 0.2) is 11.0 Å². The van der Waals surface area contributed by atoms with Crippen LogP contribution in [-0.4, -0.2) is 47.9 Å². The first-order valence-electron chi connectivity index (χ1n) is 11.5. The summed E-state index contributed by atoms with van der Waals surface area (Å²) in [5, 5.41) is 29.0. The normalized spacial score (nSPS) is 15.2. The SMILES string of the molecule is CC(c1nnc(SCc2nnc(-c3ccc([N+](=O)[O-])cc3)o2)n1-c1ccccc1)N1CCCCC1. The van der Waals surface area contributed by atoms with Gasteiger partial charge in [-0.3, -0.25) is 19.6 Å². The number of nitro benzene ring substituents is 1. The quantitative estimate of drug-likeness (QED) is 0.189. The van der Waals surface area contributed by atoms with Crippen molar-refractivity contribution in [3.05, 3.63) is 76.4 Å². The number of para-hydroxylation sites is 1. The topological polar surface area (TPSA) is 116 Å². The summed E-state index contributed by atoms with van der Waals surface area (Å²) in [5.74, 6) is 2.09. The first-order valence-corrected chi connectivity index (χ1v) is 12.5. The molecule has 0 saturated carbocycles. The highest BCUT2D eigenvalue weighted by atomic mass is 32.2. The minimum absolute atomic E-state index is 0.0129. The highest BCUT2D eigenvalue weighted by molar-refractivity contribution is 7.98. The summed E-state index contributed by atoms with van der Waals surface area (Å²) in [6, 6.07) is 16.3. The lowest BCUT2D eigenvalue weighted by atomic mass is 10.1. The van der Waals surface area contributed by atoms with Crippen LogP contribution >= 0.6 is 11.8 Å². The second-order valence-corrected chi connectivity index (χ2v) is 9.32. The molecule has 2 aromatic carbocycles. The molecular formula is C24H25N7O3S. The average molecular weight is 492 g/mol. The molecule has 0 spiro atoms. The van der Waals surface area contributed by atoms with E-state index in [0.717, 1.165) is 29.8 Å². The summed E-state index contributed by atoms with van der Waals surface area (Å²) >= 11 is 1.48. The molecule has 1 saturated heterocycles. The minimum atomic E-state index is -0.442. The molecule has 11 heteroatoms. The van der Waals surface area contributed by atoms with Gasteiger partial charge in [0.1, 0.15) is 0 Å². The van der Waals surface area contributed by atoms with Crippen LogP contribution in [0.5, 0.6) is 0 Å². The maximum absolute atomic E-state index is 10.9. The Labute approximate surface area is 206 Å². The van der Waals surface area contributed by atoms with Gasteiger partial charge in [-0.2, -0.15) is 0 Å². The number of thioether (sulfide) groups is 1. The summed E-state index contributed by atoms with van der Waals surface area (Å²) < 4.78 is 7.92. The summed E-state index contributed by atoms with van der Waals surface area (Å²) in [6.07, 6.45) is 3.70. The van der Waals surface area contributed by atoms with Crippen LogP contribution in [0.4, 0.5) is 5.69 Å². The van der Waals surface area contributed by atoms with E-state index in [4.69, 9.17) is 4.42 Å². The van der Waals surface area contributed by atoms with Crippen LogP contribution in [0.15, 0.2) is 64.2 Å². The van der Waals surface area contributed by atoms with E-state index < -0.39 is 4.92 Å². The highest BCUT2D eigenvalue weighted by Crippen LogP contribution is 2.31. The Morgan fingerprint density at radius 1 is 1.00 bits per heavy atom. The number of nitrogens with zero attached hydrogens (tertiary/aromatic N) is 7. The van der Waals surface area contributed by atoms with E-state index in [2.05, 4.69) is 48.9 Å². The van der Waals surface area contributed by atoms with E-state index in [-0.39, 0.29) is 11.7 Å². The Morgan fingerprint density at radius 3 is 2.46 bits per heavy atom. The zero-order chi connectivity index (χ0) is 24.2. The maximum atomic E-state index is 10.9.